The van der Waals surface area contributed by atoms with Crippen molar-refractivity contribution >= 4 is 55.5 Å². The standard InChI is InChI=1S/C30H26NSe/c1-18(2)20-15-16-22-21(17-20)14-13-19(3)27(22)29-30-28(24-10-6-8-12-26(24)32-30)23-9-5-7-11-25(23)31(29)4/h5-18H,1-4H3/q+1. The summed E-state index contributed by atoms with van der Waals surface area (Å²) in [4.78, 5) is 0. The van der Waals surface area contributed by atoms with Crippen molar-refractivity contribution in [2.24, 2.45) is 7.05 Å². The van der Waals surface area contributed by atoms with Gasteiger partial charge in [0.1, 0.15) is 0 Å². The molecule has 0 aliphatic rings. The SMILES string of the molecule is Cc1ccc2cc(C(C)C)ccc2c1-c1c2[se]c3ccccc3c2c2ccccc2[n+]1C. The summed E-state index contributed by atoms with van der Waals surface area (Å²) in [5.74, 6) is 0.531. The predicted octanol–water partition coefficient (Wildman–Crippen LogP) is 7.28. The van der Waals surface area contributed by atoms with Crippen LogP contribution in [0.25, 0.3) is 52.2 Å². The van der Waals surface area contributed by atoms with Crippen LogP contribution in [0.1, 0.15) is 30.9 Å². The summed E-state index contributed by atoms with van der Waals surface area (Å²) in [6, 6.07) is 29.5. The van der Waals surface area contributed by atoms with Crippen LogP contribution in [0.5, 0.6) is 0 Å². The van der Waals surface area contributed by atoms with Gasteiger partial charge < -0.3 is 0 Å². The van der Waals surface area contributed by atoms with E-state index >= 15 is 0 Å². The Balaban J connectivity index is 1.84. The number of nitrogens with zero attached hydrogens (tertiary/aromatic N) is 1. The predicted molar refractivity (Wildman–Crippen MR) is 139 cm³/mol. The molecule has 0 bridgehead atoms. The fraction of sp³-hybridized carbons (Fsp3) is 0.167. The van der Waals surface area contributed by atoms with Crippen LogP contribution in [0.3, 0.4) is 0 Å². The number of hydrogen-bond acceptors (Lipinski definition) is 0. The van der Waals surface area contributed by atoms with Gasteiger partial charge in [0, 0.05) is 0 Å². The van der Waals surface area contributed by atoms with Crippen molar-refractivity contribution in [2.45, 2.75) is 26.7 Å². The molecule has 6 aromatic rings. The molecular formula is C30H26NSe+. The molecule has 0 amide bonds. The first kappa shape index (κ1) is 19.7. The second kappa shape index (κ2) is 7.30. The number of para-hydroxylation sites is 1. The topological polar surface area (TPSA) is 3.88 Å². The van der Waals surface area contributed by atoms with Crippen LogP contribution in [0.15, 0.2) is 78.9 Å². The molecule has 156 valence electrons. The molecule has 0 saturated carbocycles. The molecule has 0 aliphatic carbocycles. The van der Waals surface area contributed by atoms with E-state index in [1.54, 1.807) is 0 Å². The first-order valence-corrected chi connectivity index (χ1v) is 13.0. The Morgan fingerprint density at radius 2 is 1.53 bits per heavy atom. The molecular weight excluding hydrogens is 453 g/mol. The third-order valence-corrected chi connectivity index (χ3v) is 9.31. The average Bonchev–Trinajstić information content (AvgIpc) is 3.19. The van der Waals surface area contributed by atoms with E-state index in [2.05, 4.69) is 111 Å². The van der Waals surface area contributed by atoms with Gasteiger partial charge in [-0.3, -0.25) is 0 Å². The molecule has 0 saturated heterocycles. The second-order valence-electron chi connectivity index (χ2n) is 9.12. The quantitative estimate of drug-likeness (QED) is 0.182. The zero-order chi connectivity index (χ0) is 22.0. The first-order chi connectivity index (χ1) is 15.5. The van der Waals surface area contributed by atoms with Gasteiger partial charge in [-0.05, 0) is 0 Å². The Morgan fingerprint density at radius 1 is 0.781 bits per heavy atom. The van der Waals surface area contributed by atoms with Crippen LogP contribution in [-0.2, 0) is 7.05 Å². The van der Waals surface area contributed by atoms with Crippen molar-refractivity contribution in [2.75, 3.05) is 0 Å². The number of pyridine rings is 1. The van der Waals surface area contributed by atoms with Gasteiger partial charge in [-0.2, -0.15) is 0 Å². The van der Waals surface area contributed by atoms with Gasteiger partial charge in [-0.15, -0.1) is 0 Å². The van der Waals surface area contributed by atoms with Gasteiger partial charge in [0.25, 0.3) is 0 Å². The van der Waals surface area contributed by atoms with Gasteiger partial charge in [-0.25, -0.2) is 0 Å². The van der Waals surface area contributed by atoms with Crippen LogP contribution >= 0.6 is 0 Å². The minimum absolute atomic E-state index is 0.287. The fourth-order valence-corrected chi connectivity index (χ4v) is 7.88. The van der Waals surface area contributed by atoms with E-state index < -0.39 is 0 Å². The zero-order valence-electron chi connectivity index (χ0n) is 18.9. The summed E-state index contributed by atoms with van der Waals surface area (Å²) >= 11 is 0.287. The van der Waals surface area contributed by atoms with E-state index in [1.807, 2.05) is 0 Å². The van der Waals surface area contributed by atoms with E-state index in [1.165, 1.54) is 63.4 Å². The molecule has 0 radical (unpaired) electrons. The molecule has 32 heavy (non-hydrogen) atoms. The summed E-state index contributed by atoms with van der Waals surface area (Å²) in [6.07, 6.45) is 0. The molecule has 4 aromatic carbocycles. The van der Waals surface area contributed by atoms with E-state index in [-0.39, 0.29) is 14.5 Å². The molecule has 2 heteroatoms. The maximum atomic E-state index is 2.44. The van der Waals surface area contributed by atoms with Crippen molar-refractivity contribution in [3.05, 3.63) is 90.0 Å². The molecule has 0 unspecified atom stereocenters. The second-order valence-corrected chi connectivity index (χ2v) is 11.3. The number of fused-ring (bicyclic) bond motifs is 6. The van der Waals surface area contributed by atoms with Crippen LogP contribution in [0.4, 0.5) is 0 Å². The molecule has 6 rings (SSSR count). The summed E-state index contributed by atoms with van der Waals surface area (Å²) in [7, 11) is 2.25. The zero-order valence-corrected chi connectivity index (χ0v) is 20.7. The number of benzene rings is 4. The van der Waals surface area contributed by atoms with E-state index in [0.29, 0.717) is 5.92 Å². The molecule has 0 atom stereocenters. The number of hydrogen-bond donors (Lipinski definition) is 0. The first-order valence-electron chi connectivity index (χ1n) is 11.3. The normalized spacial score (nSPS) is 12.0. The molecule has 2 aromatic heterocycles. The molecule has 0 spiro atoms. The van der Waals surface area contributed by atoms with Crippen molar-refractivity contribution in [1.29, 1.82) is 0 Å². The van der Waals surface area contributed by atoms with Crippen molar-refractivity contribution in [3.8, 4) is 11.3 Å². The third kappa shape index (κ3) is 2.80. The van der Waals surface area contributed by atoms with E-state index in [9.17, 15) is 0 Å². The van der Waals surface area contributed by atoms with Crippen molar-refractivity contribution < 1.29 is 4.57 Å². The summed E-state index contributed by atoms with van der Waals surface area (Å²) in [6.45, 7) is 6.81. The summed E-state index contributed by atoms with van der Waals surface area (Å²) in [5.41, 5.74) is 6.81. The molecule has 1 nitrogen and oxygen atoms in total. The maximum absolute atomic E-state index is 2.44. The molecule has 2 heterocycles. The number of rotatable bonds is 2. The Morgan fingerprint density at radius 3 is 2.34 bits per heavy atom. The molecule has 0 aliphatic heterocycles. The van der Waals surface area contributed by atoms with E-state index in [4.69, 9.17) is 0 Å². The van der Waals surface area contributed by atoms with E-state index in [0.717, 1.165) is 0 Å². The Kier molecular flexibility index (Phi) is 4.50. The Labute approximate surface area is 194 Å². The van der Waals surface area contributed by atoms with Crippen molar-refractivity contribution in [1.82, 2.24) is 0 Å². The fourth-order valence-electron chi connectivity index (χ4n) is 5.14. The van der Waals surface area contributed by atoms with Gasteiger partial charge in [0.15, 0.2) is 0 Å². The Hall–Kier alpha value is -2.93. The average molecular weight is 480 g/mol. The minimum atomic E-state index is 0.287. The van der Waals surface area contributed by atoms with Crippen LogP contribution in [-0.4, -0.2) is 14.5 Å². The summed E-state index contributed by atoms with van der Waals surface area (Å²) in [5, 5.41) is 6.91. The number of aryl methyl sites for hydroxylation is 2. The van der Waals surface area contributed by atoms with Crippen LogP contribution in [0, 0.1) is 6.92 Å². The molecule has 0 fully saturated rings. The molecule has 0 N–H and O–H groups in total. The summed E-state index contributed by atoms with van der Waals surface area (Å²) < 4.78 is 5.45. The van der Waals surface area contributed by atoms with Gasteiger partial charge in [0.05, 0.1) is 0 Å². The van der Waals surface area contributed by atoms with Gasteiger partial charge in [0.2, 0.25) is 0 Å². The van der Waals surface area contributed by atoms with Crippen molar-refractivity contribution in [3.63, 3.8) is 0 Å². The Bertz CT molecular complexity index is 1670. The third-order valence-electron chi connectivity index (χ3n) is 6.84. The number of aromatic nitrogens is 1. The monoisotopic (exact) mass is 480 g/mol. The van der Waals surface area contributed by atoms with Gasteiger partial charge in [-0.1, -0.05) is 0 Å². The van der Waals surface area contributed by atoms with Crippen LogP contribution < -0.4 is 4.57 Å². The van der Waals surface area contributed by atoms with Gasteiger partial charge >= 0.3 is 195 Å². The van der Waals surface area contributed by atoms with Crippen LogP contribution in [0.2, 0.25) is 0 Å².